The standard InChI is InChI=1S/C15H21N5O/c1-11-13(10-15(21)18-9-5-7-16)12(2)20(19-11)14-6-3-4-8-17-14/h3-4,6,8H,5,7,9-10,16H2,1-2H3,(H,18,21). The molecule has 0 radical (unpaired) electrons. The smallest absolute Gasteiger partial charge is 0.224 e. The Labute approximate surface area is 124 Å². The van der Waals surface area contributed by atoms with Gasteiger partial charge in [-0.25, -0.2) is 9.67 Å². The van der Waals surface area contributed by atoms with Gasteiger partial charge in [-0.3, -0.25) is 4.79 Å². The number of carbonyl (C=O) groups excluding carboxylic acids is 1. The highest BCUT2D eigenvalue weighted by Gasteiger charge is 2.16. The highest BCUT2D eigenvalue weighted by molar-refractivity contribution is 5.79. The second-order valence-corrected chi connectivity index (χ2v) is 4.92. The van der Waals surface area contributed by atoms with Crippen LogP contribution < -0.4 is 11.1 Å². The molecule has 6 heteroatoms. The van der Waals surface area contributed by atoms with Gasteiger partial charge in [0.05, 0.1) is 12.1 Å². The molecule has 1 amide bonds. The zero-order chi connectivity index (χ0) is 15.2. The van der Waals surface area contributed by atoms with Gasteiger partial charge in [0, 0.05) is 24.0 Å². The third kappa shape index (κ3) is 3.66. The maximum atomic E-state index is 11.9. The molecule has 112 valence electrons. The average molecular weight is 287 g/mol. The van der Waals surface area contributed by atoms with Gasteiger partial charge in [0.15, 0.2) is 5.82 Å². The molecule has 21 heavy (non-hydrogen) atoms. The van der Waals surface area contributed by atoms with E-state index in [-0.39, 0.29) is 5.91 Å². The summed E-state index contributed by atoms with van der Waals surface area (Å²) in [5.41, 5.74) is 8.16. The van der Waals surface area contributed by atoms with Crippen LogP contribution >= 0.6 is 0 Å². The molecule has 3 N–H and O–H groups in total. The summed E-state index contributed by atoms with van der Waals surface area (Å²) in [4.78, 5) is 16.2. The molecule has 0 aliphatic carbocycles. The summed E-state index contributed by atoms with van der Waals surface area (Å²) in [5, 5.41) is 7.35. The number of aryl methyl sites for hydroxylation is 1. The first-order chi connectivity index (χ1) is 10.1. The van der Waals surface area contributed by atoms with E-state index in [1.165, 1.54) is 0 Å². The number of nitrogens with zero attached hydrogens (tertiary/aromatic N) is 3. The van der Waals surface area contributed by atoms with Crippen LogP contribution in [0, 0.1) is 13.8 Å². The van der Waals surface area contributed by atoms with Crippen molar-refractivity contribution in [1.29, 1.82) is 0 Å². The predicted molar refractivity (Wildman–Crippen MR) is 81.2 cm³/mol. The number of aromatic nitrogens is 3. The largest absolute Gasteiger partial charge is 0.356 e. The van der Waals surface area contributed by atoms with E-state index >= 15 is 0 Å². The predicted octanol–water partition coefficient (Wildman–Crippen LogP) is 0.892. The molecule has 0 atom stereocenters. The summed E-state index contributed by atoms with van der Waals surface area (Å²) in [5.74, 6) is 0.753. The van der Waals surface area contributed by atoms with Crippen molar-refractivity contribution in [2.75, 3.05) is 13.1 Å². The van der Waals surface area contributed by atoms with E-state index in [9.17, 15) is 4.79 Å². The number of carbonyl (C=O) groups is 1. The summed E-state index contributed by atoms with van der Waals surface area (Å²) >= 11 is 0. The zero-order valence-corrected chi connectivity index (χ0v) is 12.5. The first-order valence-corrected chi connectivity index (χ1v) is 7.06. The van der Waals surface area contributed by atoms with Crippen LogP contribution in [0.1, 0.15) is 23.4 Å². The third-order valence-electron chi connectivity index (χ3n) is 3.35. The topological polar surface area (TPSA) is 85.8 Å². The number of hydrogen-bond acceptors (Lipinski definition) is 4. The van der Waals surface area contributed by atoms with Gasteiger partial charge in [0.1, 0.15) is 0 Å². The van der Waals surface area contributed by atoms with Gasteiger partial charge in [0.2, 0.25) is 5.91 Å². The first-order valence-electron chi connectivity index (χ1n) is 7.06. The van der Waals surface area contributed by atoms with Gasteiger partial charge >= 0.3 is 0 Å². The monoisotopic (exact) mass is 287 g/mol. The Morgan fingerprint density at radius 3 is 2.86 bits per heavy atom. The normalized spacial score (nSPS) is 10.6. The lowest BCUT2D eigenvalue weighted by Gasteiger charge is -2.06. The highest BCUT2D eigenvalue weighted by atomic mass is 16.1. The van der Waals surface area contributed by atoms with Gasteiger partial charge in [-0.05, 0) is 38.9 Å². The van der Waals surface area contributed by atoms with Crippen LogP contribution in [0.3, 0.4) is 0 Å². The second-order valence-electron chi connectivity index (χ2n) is 4.92. The van der Waals surface area contributed by atoms with Crippen molar-refractivity contribution in [2.45, 2.75) is 26.7 Å². The molecule has 2 aromatic heterocycles. The fourth-order valence-electron chi connectivity index (χ4n) is 2.19. The van der Waals surface area contributed by atoms with Gasteiger partial charge < -0.3 is 11.1 Å². The average Bonchev–Trinajstić information content (AvgIpc) is 2.76. The van der Waals surface area contributed by atoms with E-state index in [4.69, 9.17) is 5.73 Å². The van der Waals surface area contributed by atoms with Crippen molar-refractivity contribution >= 4 is 5.91 Å². The lowest BCUT2D eigenvalue weighted by atomic mass is 10.1. The van der Waals surface area contributed by atoms with E-state index in [1.807, 2.05) is 32.0 Å². The van der Waals surface area contributed by atoms with Crippen molar-refractivity contribution in [2.24, 2.45) is 5.73 Å². The third-order valence-corrected chi connectivity index (χ3v) is 3.35. The minimum atomic E-state index is -0.00443. The van der Waals surface area contributed by atoms with Crippen LogP contribution in [0.5, 0.6) is 0 Å². The van der Waals surface area contributed by atoms with E-state index < -0.39 is 0 Å². The van der Waals surface area contributed by atoms with Crippen LogP contribution in [0.15, 0.2) is 24.4 Å². The second kappa shape index (κ2) is 6.99. The maximum Gasteiger partial charge on any atom is 0.224 e. The molecule has 0 spiro atoms. The molecular weight excluding hydrogens is 266 g/mol. The van der Waals surface area contributed by atoms with Crippen molar-refractivity contribution < 1.29 is 4.79 Å². The summed E-state index contributed by atoms with van der Waals surface area (Å²) in [6, 6.07) is 5.67. The molecule has 2 heterocycles. The number of pyridine rings is 1. The van der Waals surface area contributed by atoms with Crippen LogP contribution in [-0.2, 0) is 11.2 Å². The molecule has 0 aliphatic heterocycles. The number of hydrogen-bond donors (Lipinski definition) is 2. The maximum absolute atomic E-state index is 11.9. The first kappa shape index (κ1) is 15.2. The Morgan fingerprint density at radius 1 is 1.38 bits per heavy atom. The van der Waals surface area contributed by atoms with Gasteiger partial charge in [-0.15, -0.1) is 0 Å². The minimum absolute atomic E-state index is 0.00443. The van der Waals surface area contributed by atoms with Gasteiger partial charge in [-0.1, -0.05) is 6.07 Å². The van der Waals surface area contributed by atoms with Crippen LogP contribution in [0.25, 0.3) is 5.82 Å². The van der Waals surface area contributed by atoms with E-state index in [0.717, 1.165) is 29.2 Å². The number of amides is 1. The van der Waals surface area contributed by atoms with E-state index in [0.29, 0.717) is 19.5 Å². The van der Waals surface area contributed by atoms with Crippen LogP contribution in [-0.4, -0.2) is 33.8 Å². The Balaban J connectivity index is 2.15. The minimum Gasteiger partial charge on any atom is -0.356 e. The molecule has 0 fully saturated rings. The molecule has 0 saturated heterocycles. The van der Waals surface area contributed by atoms with Gasteiger partial charge in [0.25, 0.3) is 0 Å². The van der Waals surface area contributed by atoms with Crippen LogP contribution in [0.2, 0.25) is 0 Å². The summed E-state index contributed by atoms with van der Waals surface area (Å²) in [6.45, 7) is 5.06. The quantitative estimate of drug-likeness (QED) is 0.773. The molecule has 0 aromatic carbocycles. The Hall–Kier alpha value is -2.21. The lowest BCUT2D eigenvalue weighted by molar-refractivity contribution is -0.120. The number of rotatable bonds is 6. The molecule has 0 saturated carbocycles. The number of nitrogens with one attached hydrogen (secondary N) is 1. The van der Waals surface area contributed by atoms with E-state index in [2.05, 4.69) is 15.4 Å². The van der Waals surface area contributed by atoms with Crippen molar-refractivity contribution in [1.82, 2.24) is 20.1 Å². The Morgan fingerprint density at radius 2 is 2.19 bits per heavy atom. The summed E-state index contributed by atoms with van der Waals surface area (Å²) in [7, 11) is 0. The van der Waals surface area contributed by atoms with Crippen molar-refractivity contribution in [3.63, 3.8) is 0 Å². The molecule has 6 nitrogen and oxygen atoms in total. The fraction of sp³-hybridized carbons (Fsp3) is 0.400. The molecular formula is C15H21N5O. The highest BCUT2D eigenvalue weighted by Crippen LogP contribution is 2.17. The van der Waals surface area contributed by atoms with E-state index in [1.54, 1.807) is 10.9 Å². The zero-order valence-electron chi connectivity index (χ0n) is 12.5. The fourth-order valence-corrected chi connectivity index (χ4v) is 2.19. The Bertz CT molecular complexity index is 606. The summed E-state index contributed by atoms with van der Waals surface area (Å²) in [6.07, 6.45) is 2.84. The summed E-state index contributed by atoms with van der Waals surface area (Å²) < 4.78 is 1.78. The van der Waals surface area contributed by atoms with Crippen molar-refractivity contribution in [3.8, 4) is 5.82 Å². The molecule has 0 unspecified atom stereocenters. The molecule has 0 bridgehead atoms. The SMILES string of the molecule is Cc1nn(-c2ccccn2)c(C)c1CC(=O)NCCCN. The van der Waals surface area contributed by atoms with Crippen molar-refractivity contribution in [3.05, 3.63) is 41.3 Å². The van der Waals surface area contributed by atoms with Gasteiger partial charge in [-0.2, -0.15) is 5.10 Å². The Kier molecular flexibility index (Phi) is 5.05. The molecule has 0 aliphatic rings. The molecule has 2 rings (SSSR count). The lowest BCUT2D eigenvalue weighted by Crippen LogP contribution is -2.27. The van der Waals surface area contributed by atoms with Crippen LogP contribution in [0.4, 0.5) is 0 Å². The molecule has 2 aromatic rings. The number of nitrogens with two attached hydrogens (primary N) is 1.